The maximum atomic E-state index is 5.87. The van der Waals surface area contributed by atoms with Crippen molar-refractivity contribution in [2.75, 3.05) is 0 Å². The number of benzene rings is 1. The van der Waals surface area contributed by atoms with Crippen molar-refractivity contribution in [3.63, 3.8) is 0 Å². The van der Waals surface area contributed by atoms with Gasteiger partial charge in [-0.2, -0.15) is 0 Å². The molecule has 0 bridgehead atoms. The molecule has 0 aliphatic carbocycles. The van der Waals surface area contributed by atoms with Gasteiger partial charge in [0.25, 0.3) is 0 Å². The Kier molecular flexibility index (Phi) is 2.65. The SMILES string of the molecule is Clc1[c]cccc1Oc1cccnc1. The lowest BCUT2D eigenvalue weighted by Gasteiger charge is -2.05. The van der Waals surface area contributed by atoms with E-state index in [0.717, 1.165) is 0 Å². The highest BCUT2D eigenvalue weighted by Crippen LogP contribution is 2.27. The molecule has 0 fully saturated rings. The van der Waals surface area contributed by atoms with E-state index >= 15 is 0 Å². The van der Waals surface area contributed by atoms with E-state index in [1.807, 2.05) is 12.1 Å². The molecule has 69 valence electrons. The van der Waals surface area contributed by atoms with Crippen molar-refractivity contribution < 1.29 is 4.74 Å². The number of nitrogens with zero attached hydrogens (tertiary/aromatic N) is 1. The number of hydrogen-bond donors (Lipinski definition) is 0. The number of aromatic nitrogens is 1. The smallest absolute Gasteiger partial charge is 0.146 e. The van der Waals surface area contributed by atoms with Crippen LogP contribution in [0.2, 0.25) is 5.02 Å². The first-order valence-electron chi connectivity index (χ1n) is 4.10. The molecule has 14 heavy (non-hydrogen) atoms. The fraction of sp³-hybridized carbons (Fsp3) is 0. The van der Waals surface area contributed by atoms with Crippen LogP contribution in [0.3, 0.4) is 0 Å². The molecule has 0 unspecified atom stereocenters. The van der Waals surface area contributed by atoms with Crippen LogP contribution in [0.15, 0.2) is 42.7 Å². The average Bonchev–Trinajstić information content (AvgIpc) is 2.23. The number of halogens is 1. The van der Waals surface area contributed by atoms with E-state index in [1.165, 1.54) is 0 Å². The number of hydrogen-bond acceptors (Lipinski definition) is 2. The Hall–Kier alpha value is -1.54. The molecule has 0 atom stereocenters. The first-order valence-corrected chi connectivity index (χ1v) is 4.48. The van der Waals surface area contributed by atoms with Crippen LogP contribution in [0.5, 0.6) is 11.5 Å². The van der Waals surface area contributed by atoms with Crippen LogP contribution >= 0.6 is 11.6 Å². The Morgan fingerprint density at radius 2 is 2.21 bits per heavy atom. The van der Waals surface area contributed by atoms with Gasteiger partial charge in [0.1, 0.15) is 11.5 Å². The normalized spacial score (nSPS) is 9.79. The van der Waals surface area contributed by atoms with Gasteiger partial charge in [-0.05, 0) is 18.2 Å². The fourth-order valence-electron chi connectivity index (χ4n) is 1.01. The first kappa shape index (κ1) is 9.03. The summed E-state index contributed by atoms with van der Waals surface area (Å²) in [4.78, 5) is 3.93. The second kappa shape index (κ2) is 4.11. The van der Waals surface area contributed by atoms with Gasteiger partial charge in [0, 0.05) is 12.3 Å². The largest absolute Gasteiger partial charge is 0.454 e. The summed E-state index contributed by atoms with van der Waals surface area (Å²) in [5.74, 6) is 1.25. The second-order valence-corrected chi connectivity index (χ2v) is 3.02. The van der Waals surface area contributed by atoms with E-state index in [0.29, 0.717) is 16.5 Å². The molecule has 0 amide bonds. The lowest BCUT2D eigenvalue weighted by atomic mass is 10.3. The number of rotatable bonds is 2. The van der Waals surface area contributed by atoms with Crippen molar-refractivity contribution in [1.29, 1.82) is 0 Å². The molecule has 0 N–H and O–H groups in total. The van der Waals surface area contributed by atoms with E-state index in [1.54, 1.807) is 30.6 Å². The minimum atomic E-state index is 0.469. The fourth-order valence-corrected chi connectivity index (χ4v) is 1.18. The van der Waals surface area contributed by atoms with E-state index in [9.17, 15) is 0 Å². The van der Waals surface area contributed by atoms with Crippen LogP contribution in [-0.4, -0.2) is 4.98 Å². The van der Waals surface area contributed by atoms with Gasteiger partial charge in [0.15, 0.2) is 0 Å². The molecular weight excluding hydrogens is 198 g/mol. The second-order valence-electron chi connectivity index (χ2n) is 2.64. The summed E-state index contributed by atoms with van der Waals surface area (Å²) >= 11 is 5.87. The van der Waals surface area contributed by atoms with E-state index in [4.69, 9.17) is 16.3 Å². The molecule has 2 rings (SSSR count). The summed E-state index contributed by atoms with van der Waals surface area (Å²) in [6.45, 7) is 0. The quantitative estimate of drug-likeness (QED) is 0.749. The highest BCUT2D eigenvalue weighted by atomic mass is 35.5. The Bertz CT molecular complexity index is 417. The van der Waals surface area contributed by atoms with Gasteiger partial charge >= 0.3 is 0 Å². The van der Waals surface area contributed by atoms with Crippen molar-refractivity contribution in [2.45, 2.75) is 0 Å². The summed E-state index contributed by atoms with van der Waals surface area (Å²) in [6, 6.07) is 11.8. The standard InChI is InChI=1S/C11H7ClNO/c12-10-5-1-2-6-11(10)14-9-4-3-7-13-8-9/h1-4,6-8H. The topological polar surface area (TPSA) is 22.1 Å². The lowest BCUT2D eigenvalue weighted by molar-refractivity contribution is 0.480. The molecule has 0 aliphatic heterocycles. The highest BCUT2D eigenvalue weighted by molar-refractivity contribution is 6.31. The molecule has 2 aromatic rings. The van der Waals surface area contributed by atoms with Gasteiger partial charge in [-0.15, -0.1) is 0 Å². The zero-order valence-corrected chi connectivity index (χ0v) is 8.03. The Morgan fingerprint density at radius 3 is 2.93 bits per heavy atom. The third-order valence-electron chi connectivity index (χ3n) is 1.63. The zero-order valence-electron chi connectivity index (χ0n) is 7.27. The van der Waals surface area contributed by atoms with Crippen molar-refractivity contribution >= 4 is 11.6 Å². The molecule has 3 heteroatoms. The van der Waals surface area contributed by atoms with Crippen LogP contribution in [-0.2, 0) is 0 Å². The molecule has 1 aromatic carbocycles. The Labute approximate surface area is 87.1 Å². The molecule has 0 saturated carbocycles. The molecule has 0 aliphatic rings. The van der Waals surface area contributed by atoms with Gasteiger partial charge in [-0.3, -0.25) is 4.98 Å². The van der Waals surface area contributed by atoms with Crippen molar-refractivity contribution in [3.8, 4) is 11.5 Å². The predicted octanol–water partition coefficient (Wildman–Crippen LogP) is 3.33. The minimum absolute atomic E-state index is 0.469. The average molecular weight is 205 g/mol. The molecule has 0 saturated heterocycles. The predicted molar refractivity (Wildman–Crippen MR) is 54.6 cm³/mol. The highest BCUT2D eigenvalue weighted by Gasteiger charge is 2.00. The maximum Gasteiger partial charge on any atom is 0.146 e. The summed E-state index contributed by atoms with van der Waals surface area (Å²) in [5, 5.41) is 0.469. The van der Waals surface area contributed by atoms with Crippen molar-refractivity contribution in [3.05, 3.63) is 53.8 Å². The molecule has 1 aromatic heterocycles. The van der Waals surface area contributed by atoms with Gasteiger partial charge < -0.3 is 4.74 Å². The summed E-state index contributed by atoms with van der Waals surface area (Å²) in [6.07, 6.45) is 3.31. The first-order chi connectivity index (χ1) is 6.86. The molecule has 2 nitrogen and oxygen atoms in total. The molecular formula is C11H7ClNO. The van der Waals surface area contributed by atoms with Crippen molar-refractivity contribution in [1.82, 2.24) is 4.98 Å². The van der Waals surface area contributed by atoms with Crippen molar-refractivity contribution in [2.24, 2.45) is 0 Å². The van der Waals surface area contributed by atoms with Crippen LogP contribution in [0.4, 0.5) is 0 Å². The third-order valence-corrected chi connectivity index (χ3v) is 1.93. The van der Waals surface area contributed by atoms with Gasteiger partial charge in [0.05, 0.1) is 11.2 Å². The van der Waals surface area contributed by atoms with Crippen LogP contribution < -0.4 is 4.74 Å². The molecule has 1 radical (unpaired) electrons. The van der Waals surface area contributed by atoms with E-state index < -0.39 is 0 Å². The van der Waals surface area contributed by atoms with Crippen LogP contribution in [0, 0.1) is 6.07 Å². The minimum Gasteiger partial charge on any atom is -0.454 e. The Balaban J connectivity index is 2.24. The summed E-state index contributed by atoms with van der Waals surface area (Å²) in [7, 11) is 0. The maximum absolute atomic E-state index is 5.87. The van der Waals surface area contributed by atoms with Gasteiger partial charge in [0.2, 0.25) is 0 Å². The third kappa shape index (κ3) is 2.03. The summed E-state index contributed by atoms with van der Waals surface area (Å²) < 4.78 is 5.48. The van der Waals surface area contributed by atoms with Crippen LogP contribution in [0.1, 0.15) is 0 Å². The van der Waals surface area contributed by atoms with E-state index in [-0.39, 0.29) is 0 Å². The Morgan fingerprint density at radius 1 is 1.29 bits per heavy atom. The number of ether oxygens (including phenoxy) is 1. The van der Waals surface area contributed by atoms with Crippen LogP contribution in [0.25, 0.3) is 0 Å². The molecule has 1 heterocycles. The monoisotopic (exact) mass is 204 g/mol. The number of pyridine rings is 1. The molecule has 0 spiro atoms. The van der Waals surface area contributed by atoms with Gasteiger partial charge in [-0.1, -0.05) is 23.7 Å². The zero-order chi connectivity index (χ0) is 9.80. The lowest BCUT2D eigenvalue weighted by Crippen LogP contribution is -1.85. The van der Waals surface area contributed by atoms with E-state index in [2.05, 4.69) is 11.1 Å². The summed E-state index contributed by atoms with van der Waals surface area (Å²) in [5.41, 5.74) is 0. The van der Waals surface area contributed by atoms with Gasteiger partial charge in [-0.25, -0.2) is 0 Å².